The van der Waals surface area contributed by atoms with E-state index in [4.69, 9.17) is 14.2 Å². The highest BCUT2D eigenvalue weighted by Crippen LogP contribution is 2.38. The number of sulfone groups is 1. The molecule has 2 heterocycles. The van der Waals surface area contributed by atoms with Crippen LogP contribution in [0.2, 0.25) is 0 Å². The molecule has 2 aliphatic heterocycles. The second-order valence-corrected chi connectivity index (χ2v) is 12.5. The monoisotopic (exact) mass is 528 g/mol. The molecular formula is C24H36N2O9S. The Bertz CT molecular complexity index is 1050. The Labute approximate surface area is 211 Å². The molecule has 0 aromatic heterocycles. The summed E-state index contributed by atoms with van der Waals surface area (Å²) in [6.07, 6.45) is 0.0327. The van der Waals surface area contributed by atoms with Crippen molar-refractivity contribution in [2.24, 2.45) is 0 Å². The van der Waals surface area contributed by atoms with Gasteiger partial charge in [0.2, 0.25) is 0 Å². The van der Waals surface area contributed by atoms with Gasteiger partial charge < -0.3 is 34.2 Å². The van der Waals surface area contributed by atoms with Crippen molar-refractivity contribution >= 4 is 22.0 Å². The number of rotatable bonds is 7. The first kappa shape index (κ1) is 28.0. The number of ether oxygens (including phenoxy) is 3. The number of amides is 2. The Morgan fingerprint density at radius 3 is 2.53 bits per heavy atom. The lowest BCUT2D eigenvalue weighted by Gasteiger charge is -2.38. The van der Waals surface area contributed by atoms with Gasteiger partial charge in [-0.1, -0.05) is 6.07 Å². The summed E-state index contributed by atoms with van der Waals surface area (Å²) < 4.78 is 40.8. The maximum atomic E-state index is 13.1. The van der Waals surface area contributed by atoms with Crippen molar-refractivity contribution in [1.82, 2.24) is 9.80 Å². The van der Waals surface area contributed by atoms with Crippen molar-refractivity contribution in [2.75, 3.05) is 39.1 Å². The van der Waals surface area contributed by atoms with E-state index in [0.29, 0.717) is 32.4 Å². The number of carbonyl (C=O) groups is 2. The SMILES string of the molecule is CC(C)(C)OC(=O)N(C[C@@H](O)COc1cccc(S(C)(=O)=O)c1)C1COC2(CCN(C(=O)O)CC2)C1. The summed E-state index contributed by atoms with van der Waals surface area (Å²) in [5.74, 6) is 0.286. The Kier molecular flexibility index (Phi) is 8.41. The van der Waals surface area contributed by atoms with Crippen LogP contribution in [0.15, 0.2) is 29.2 Å². The zero-order chi connectivity index (χ0) is 26.7. The van der Waals surface area contributed by atoms with Gasteiger partial charge in [0.1, 0.15) is 24.1 Å². The van der Waals surface area contributed by atoms with Crippen LogP contribution in [-0.4, -0.2) is 103 Å². The zero-order valence-electron chi connectivity index (χ0n) is 21.2. The second-order valence-electron chi connectivity index (χ2n) is 10.5. The Balaban J connectivity index is 1.66. The Morgan fingerprint density at radius 1 is 1.28 bits per heavy atom. The van der Waals surface area contributed by atoms with Crippen LogP contribution in [0.25, 0.3) is 0 Å². The van der Waals surface area contributed by atoms with Gasteiger partial charge in [-0.3, -0.25) is 0 Å². The number of nitrogens with zero attached hydrogens (tertiary/aromatic N) is 2. The molecule has 2 atom stereocenters. The summed E-state index contributed by atoms with van der Waals surface area (Å²) >= 11 is 0. The molecule has 2 amide bonds. The quantitative estimate of drug-likeness (QED) is 0.545. The van der Waals surface area contributed by atoms with E-state index in [1.807, 2.05) is 0 Å². The van der Waals surface area contributed by atoms with Gasteiger partial charge in [0, 0.05) is 19.3 Å². The van der Waals surface area contributed by atoms with Gasteiger partial charge in [0.05, 0.1) is 29.7 Å². The molecule has 1 spiro atoms. The predicted octanol–water partition coefficient (Wildman–Crippen LogP) is 2.37. The summed E-state index contributed by atoms with van der Waals surface area (Å²) in [7, 11) is -3.41. The largest absolute Gasteiger partial charge is 0.491 e. The van der Waals surface area contributed by atoms with Crippen LogP contribution in [0, 0.1) is 0 Å². The molecule has 11 nitrogen and oxygen atoms in total. The minimum atomic E-state index is -3.41. The number of hydrogen-bond acceptors (Lipinski definition) is 8. The molecule has 1 unspecified atom stereocenters. The molecule has 1 aromatic rings. The fourth-order valence-corrected chi connectivity index (χ4v) is 5.09. The van der Waals surface area contributed by atoms with E-state index < -0.39 is 39.3 Å². The molecule has 0 radical (unpaired) electrons. The van der Waals surface area contributed by atoms with Gasteiger partial charge in [-0.25, -0.2) is 18.0 Å². The lowest BCUT2D eigenvalue weighted by molar-refractivity contribution is -0.0407. The van der Waals surface area contributed by atoms with Crippen LogP contribution in [0.1, 0.15) is 40.0 Å². The van der Waals surface area contributed by atoms with E-state index in [0.717, 1.165) is 6.26 Å². The van der Waals surface area contributed by atoms with Crippen molar-refractivity contribution in [3.63, 3.8) is 0 Å². The van der Waals surface area contributed by atoms with E-state index in [2.05, 4.69) is 0 Å². The third kappa shape index (κ3) is 7.47. The number of benzene rings is 1. The Morgan fingerprint density at radius 2 is 1.94 bits per heavy atom. The molecule has 0 aliphatic carbocycles. The van der Waals surface area contributed by atoms with Crippen LogP contribution < -0.4 is 4.74 Å². The molecule has 36 heavy (non-hydrogen) atoms. The highest BCUT2D eigenvalue weighted by molar-refractivity contribution is 7.90. The van der Waals surface area contributed by atoms with Crippen molar-refractivity contribution in [2.45, 2.75) is 68.3 Å². The number of aliphatic hydroxyl groups excluding tert-OH is 1. The molecule has 2 fully saturated rings. The number of aliphatic hydroxyl groups is 1. The van der Waals surface area contributed by atoms with Gasteiger partial charge in [-0.15, -0.1) is 0 Å². The molecule has 12 heteroatoms. The van der Waals surface area contributed by atoms with Gasteiger partial charge in [0.15, 0.2) is 9.84 Å². The normalized spacial score (nSPS) is 20.7. The Hall–Kier alpha value is -2.57. The highest BCUT2D eigenvalue weighted by atomic mass is 32.2. The van der Waals surface area contributed by atoms with Gasteiger partial charge in [-0.05, 0) is 58.2 Å². The number of carbonyl (C=O) groups excluding carboxylic acids is 1. The molecule has 0 saturated carbocycles. The van der Waals surface area contributed by atoms with Crippen LogP contribution in [-0.2, 0) is 19.3 Å². The molecule has 2 N–H and O–H groups in total. The van der Waals surface area contributed by atoms with Gasteiger partial charge >= 0.3 is 12.2 Å². The molecule has 2 saturated heterocycles. The lowest BCUT2D eigenvalue weighted by Crippen LogP contribution is -2.50. The standard InChI is InChI=1S/C24H36N2O9S/c1-23(2,3)35-22(30)26(17-13-24(34-15-17)8-10-25(11-9-24)21(28)29)14-18(27)16-33-19-6-5-7-20(12-19)36(4,31)32/h5-7,12,17-18,27H,8-11,13-16H2,1-4H3,(H,28,29)/t17?,18-/m1/s1. The van der Waals surface area contributed by atoms with Gasteiger partial charge in [0.25, 0.3) is 0 Å². The maximum absolute atomic E-state index is 13.1. The van der Waals surface area contributed by atoms with Crippen LogP contribution in [0.5, 0.6) is 5.75 Å². The smallest absolute Gasteiger partial charge is 0.410 e. The molecule has 1 aromatic carbocycles. The minimum Gasteiger partial charge on any atom is -0.491 e. The fourth-order valence-electron chi connectivity index (χ4n) is 4.43. The lowest BCUT2D eigenvalue weighted by atomic mass is 9.87. The molecule has 0 bridgehead atoms. The molecular weight excluding hydrogens is 492 g/mol. The van der Waals surface area contributed by atoms with Gasteiger partial charge in [-0.2, -0.15) is 0 Å². The number of piperidine rings is 1. The number of hydrogen-bond donors (Lipinski definition) is 2. The fraction of sp³-hybridized carbons (Fsp3) is 0.667. The van der Waals surface area contributed by atoms with Crippen molar-refractivity contribution in [1.29, 1.82) is 0 Å². The van der Waals surface area contributed by atoms with Crippen LogP contribution in [0.4, 0.5) is 9.59 Å². The topological polar surface area (TPSA) is 143 Å². The summed E-state index contributed by atoms with van der Waals surface area (Å²) in [4.78, 5) is 27.2. The first-order valence-electron chi connectivity index (χ1n) is 11.9. The van der Waals surface area contributed by atoms with E-state index in [1.54, 1.807) is 32.9 Å². The van der Waals surface area contributed by atoms with Crippen molar-refractivity contribution in [3.05, 3.63) is 24.3 Å². The summed E-state index contributed by atoms with van der Waals surface area (Å²) in [6.45, 7) is 5.99. The third-order valence-electron chi connectivity index (χ3n) is 6.29. The second kappa shape index (κ2) is 10.8. The first-order valence-corrected chi connectivity index (χ1v) is 13.8. The van der Waals surface area contributed by atoms with Crippen LogP contribution >= 0.6 is 0 Å². The van der Waals surface area contributed by atoms with Crippen molar-refractivity contribution in [3.8, 4) is 5.75 Å². The van der Waals surface area contributed by atoms with E-state index in [-0.39, 0.29) is 36.4 Å². The number of carboxylic acid groups (broad SMARTS) is 1. The molecule has 3 rings (SSSR count). The third-order valence-corrected chi connectivity index (χ3v) is 7.40. The molecule has 202 valence electrons. The first-order chi connectivity index (χ1) is 16.7. The average Bonchev–Trinajstić information content (AvgIpc) is 3.17. The van der Waals surface area contributed by atoms with Crippen molar-refractivity contribution < 1.29 is 42.4 Å². The molecule has 2 aliphatic rings. The maximum Gasteiger partial charge on any atom is 0.410 e. The minimum absolute atomic E-state index is 0.0773. The number of likely N-dealkylation sites (tertiary alicyclic amines) is 1. The van der Waals surface area contributed by atoms with E-state index in [9.17, 15) is 28.2 Å². The van der Waals surface area contributed by atoms with E-state index in [1.165, 1.54) is 21.9 Å². The average molecular weight is 529 g/mol. The summed E-state index contributed by atoms with van der Waals surface area (Å²) in [6, 6.07) is 5.62. The highest BCUT2D eigenvalue weighted by Gasteiger charge is 2.46. The van der Waals surface area contributed by atoms with Crippen LogP contribution in [0.3, 0.4) is 0 Å². The summed E-state index contributed by atoms with van der Waals surface area (Å²) in [5.41, 5.74) is -1.27. The summed E-state index contributed by atoms with van der Waals surface area (Å²) in [5, 5.41) is 19.9. The predicted molar refractivity (Wildman–Crippen MR) is 130 cm³/mol. The zero-order valence-corrected chi connectivity index (χ0v) is 22.0. The van der Waals surface area contributed by atoms with E-state index >= 15 is 0 Å².